The summed E-state index contributed by atoms with van der Waals surface area (Å²) < 4.78 is 2.27. The maximum Gasteiger partial charge on any atom is 0.122 e. The maximum absolute atomic E-state index is 7.49. The quantitative estimate of drug-likeness (QED) is 0.663. The van der Waals surface area contributed by atoms with Crippen LogP contribution in [0.15, 0.2) is 24.5 Å². The minimum absolute atomic E-state index is 0.125. The third kappa shape index (κ3) is 2.33. The van der Waals surface area contributed by atoms with Gasteiger partial charge in [0.15, 0.2) is 0 Å². The molecule has 1 aromatic heterocycles. The number of benzene rings is 1. The average Bonchev–Trinajstić information content (AvgIpc) is 2.84. The van der Waals surface area contributed by atoms with Crippen molar-refractivity contribution < 1.29 is 0 Å². The molecule has 20 heavy (non-hydrogen) atoms. The molecule has 4 heteroatoms. The Morgan fingerprint density at radius 1 is 1.35 bits per heavy atom. The normalized spacial score (nSPS) is 14.1. The van der Waals surface area contributed by atoms with Crippen molar-refractivity contribution in [2.24, 2.45) is 5.73 Å². The Morgan fingerprint density at radius 3 is 2.90 bits per heavy atom. The van der Waals surface area contributed by atoms with Crippen molar-refractivity contribution in [2.45, 2.75) is 39.2 Å². The van der Waals surface area contributed by atoms with Gasteiger partial charge in [0.2, 0.25) is 0 Å². The third-order valence-electron chi connectivity index (χ3n) is 4.10. The van der Waals surface area contributed by atoms with Crippen molar-refractivity contribution in [3.05, 3.63) is 52.6 Å². The number of nitrogens with two attached hydrogens (primary N) is 1. The molecule has 3 rings (SSSR count). The molecule has 1 aliphatic rings. The van der Waals surface area contributed by atoms with Crippen molar-refractivity contribution in [1.82, 2.24) is 9.55 Å². The van der Waals surface area contributed by atoms with Crippen molar-refractivity contribution >= 4 is 5.84 Å². The molecule has 3 N–H and O–H groups in total. The number of nitrogen functional groups attached to an aromatic ring is 1. The lowest BCUT2D eigenvalue weighted by Crippen LogP contribution is -2.12. The fourth-order valence-electron chi connectivity index (χ4n) is 2.89. The van der Waals surface area contributed by atoms with Crippen LogP contribution in [0.25, 0.3) is 0 Å². The Bertz CT molecular complexity index is 654. The van der Waals surface area contributed by atoms with E-state index in [1.54, 1.807) is 0 Å². The van der Waals surface area contributed by atoms with Gasteiger partial charge in [-0.1, -0.05) is 12.1 Å². The Morgan fingerprint density at radius 2 is 2.15 bits per heavy atom. The molecule has 0 aliphatic heterocycles. The number of nitrogens with zero attached hydrogens (tertiary/aromatic N) is 2. The molecule has 1 aromatic carbocycles. The first kappa shape index (κ1) is 12.9. The van der Waals surface area contributed by atoms with Gasteiger partial charge in [-0.25, -0.2) is 4.98 Å². The molecule has 1 heterocycles. The Hall–Kier alpha value is -2.10. The zero-order chi connectivity index (χ0) is 14.1. The Balaban J connectivity index is 1.88. The lowest BCUT2D eigenvalue weighted by atomic mass is 10.0. The van der Waals surface area contributed by atoms with Gasteiger partial charge in [-0.05, 0) is 49.8 Å². The molecule has 2 aromatic rings. The summed E-state index contributed by atoms with van der Waals surface area (Å²) in [6.45, 7) is 2.93. The molecule has 0 atom stereocenters. The van der Waals surface area contributed by atoms with Crippen LogP contribution in [-0.4, -0.2) is 15.4 Å². The topological polar surface area (TPSA) is 67.7 Å². The second-order valence-electron chi connectivity index (χ2n) is 5.53. The molecule has 1 aliphatic carbocycles. The second kappa shape index (κ2) is 5.12. The highest BCUT2D eigenvalue weighted by atomic mass is 15.1. The number of imidazole rings is 1. The van der Waals surface area contributed by atoms with Gasteiger partial charge in [0, 0.05) is 17.8 Å². The number of aromatic nitrogens is 2. The second-order valence-corrected chi connectivity index (χ2v) is 5.53. The van der Waals surface area contributed by atoms with E-state index in [1.807, 2.05) is 18.5 Å². The molecule has 104 valence electrons. The van der Waals surface area contributed by atoms with E-state index in [2.05, 4.69) is 22.5 Å². The number of hydrogen-bond acceptors (Lipinski definition) is 2. The van der Waals surface area contributed by atoms with Gasteiger partial charge in [0.25, 0.3) is 0 Å². The first-order chi connectivity index (χ1) is 9.65. The van der Waals surface area contributed by atoms with E-state index in [0.29, 0.717) is 0 Å². The SMILES string of the molecule is Cc1cc(C(=N)N)ccc1Cn1cnc2c1CCCC2. The van der Waals surface area contributed by atoms with Crippen molar-refractivity contribution in [3.8, 4) is 0 Å². The fourth-order valence-corrected chi connectivity index (χ4v) is 2.89. The molecule has 0 saturated heterocycles. The van der Waals surface area contributed by atoms with Crippen molar-refractivity contribution in [1.29, 1.82) is 5.41 Å². The van der Waals surface area contributed by atoms with Crippen LogP contribution in [0.2, 0.25) is 0 Å². The molecule has 0 fully saturated rings. The Labute approximate surface area is 119 Å². The van der Waals surface area contributed by atoms with E-state index < -0.39 is 0 Å². The largest absolute Gasteiger partial charge is 0.384 e. The van der Waals surface area contributed by atoms with E-state index in [4.69, 9.17) is 11.1 Å². The fraction of sp³-hybridized carbons (Fsp3) is 0.375. The van der Waals surface area contributed by atoms with Gasteiger partial charge in [-0.3, -0.25) is 5.41 Å². The van der Waals surface area contributed by atoms with Crippen molar-refractivity contribution in [2.75, 3.05) is 0 Å². The molecule has 0 saturated carbocycles. The van der Waals surface area contributed by atoms with Gasteiger partial charge in [0.1, 0.15) is 5.84 Å². The van der Waals surface area contributed by atoms with E-state index >= 15 is 0 Å². The molecule has 0 unspecified atom stereocenters. The van der Waals surface area contributed by atoms with E-state index in [0.717, 1.165) is 24.9 Å². The highest BCUT2D eigenvalue weighted by molar-refractivity contribution is 5.95. The highest BCUT2D eigenvalue weighted by Crippen LogP contribution is 2.21. The van der Waals surface area contributed by atoms with Crippen molar-refractivity contribution in [3.63, 3.8) is 0 Å². The third-order valence-corrected chi connectivity index (χ3v) is 4.10. The lowest BCUT2D eigenvalue weighted by molar-refractivity contribution is 0.628. The number of rotatable bonds is 3. The molecule has 0 radical (unpaired) electrons. The molecule has 4 nitrogen and oxygen atoms in total. The van der Waals surface area contributed by atoms with Crippen LogP contribution in [0, 0.1) is 12.3 Å². The van der Waals surface area contributed by atoms with Crippen LogP contribution >= 0.6 is 0 Å². The lowest BCUT2D eigenvalue weighted by Gasteiger charge is -2.15. The zero-order valence-corrected chi connectivity index (χ0v) is 11.8. The number of hydrogen-bond donors (Lipinski definition) is 2. The molecule has 0 bridgehead atoms. The predicted octanol–water partition coefficient (Wildman–Crippen LogP) is 2.40. The summed E-state index contributed by atoms with van der Waals surface area (Å²) in [6, 6.07) is 5.98. The Kier molecular flexibility index (Phi) is 3.30. The van der Waals surface area contributed by atoms with Crippen LogP contribution in [0.3, 0.4) is 0 Å². The standard InChI is InChI=1S/C16H20N4/c1-11-8-12(16(17)18)6-7-13(11)9-20-10-19-14-4-2-3-5-15(14)20/h6-8,10H,2-5,9H2,1H3,(H3,17,18). The van der Waals surface area contributed by atoms with Crippen LogP contribution in [-0.2, 0) is 19.4 Å². The zero-order valence-electron chi connectivity index (χ0n) is 11.8. The van der Waals surface area contributed by atoms with Gasteiger partial charge in [-0.2, -0.15) is 0 Å². The summed E-state index contributed by atoms with van der Waals surface area (Å²) in [7, 11) is 0. The molecule has 0 amide bonds. The van der Waals surface area contributed by atoms with E-state index in [-0.39, 0.29) is 5.84 Å². The molecular formula is C16H20N4. The number of aryl methyl sites for hydroxylation is 2. The highest BCUT2D eigenvalue weighted by Gasteiger charge is 2.15. The minimum atomic E-state index is 0.125. The summed E-state index contributed by atoms with van der Waals surface area (Å²) in [5.41, 5.74) is 11.4. The summed E-state index contributed by atoms with van der Waals surface area (Å²) in [5, 5.41) is 7.49. The van der Waals surface area contributed by atoms with Gasteiger partial charge >= 0.3 is 0 Å². The van der Waals surface area contributed by atoms with Gasteiger partial charge < -0.3 is 10.3 Å². The van der Waals surface area contributed by atoms with Crippen LogP contribution < -0.4 is 5.73 Å². The predicted molar refractivity (Wildman–Crippen MR) is 80.2 cm³/mol. The van der Waals surface area contributed by atoms with Crippen LogP contribution in [0.5, 0.6) is 0 Å². The van der Waals surface area contributed by atoms with Crippen LogP contribution in [0.1, 0.15) is 40.9 Å². The first-order valence-corrected chi connectivity index (χ1v) is 7.12. The number of amidine groups is 1. The van der Waals surface area contributed by atoms with Gasteiger partial charge in [0.05, 0.1) is 12.0 Å². The summed E-state index contributed by atoms with van der Waals surface area (Å²) in [6.07, 6.45) is 6.75. The first-order valence-electron chi connectivity index (χ1n) is 7.12. The minimum Gasteiger partial charge on any atom is -0.384 e. The summed E-state index contributed by atoms with van der Waals surface area (Å²) in [4.78, 5) is 4.54. The molecule has 0 spiro atoms. The van der Waals surface area contributed by atoms with Crippen LogP contribution in [0.4, 0.5) is 0 Å². The van der Waals surface area contributed by atoms with E-state index in [1.165, 1.54) is 35.4 Å². The maximum atomic E-state index is 7.49. The van der Waals surface area contributed by atoms with E-state index in [9.17, 15) is 0 Å². The average molecular weight is 268 g/mol. The number of fused-ring (bicyclic) bond motifs is 1. The monoisotopic (exact) mass is 268 g/mol. The van der Waals surface area contributed by atoms with Gasteiger partial charge in [-0.15, -0.1) is 0 Å². The summed E-state index contributed by atoms with van der Waals surface area (Å²) in [5.74, 6) is 0.125. The smallest absolute Gasteiger partial charge is 0.122 e. The summed E-state index contributed by atoms with van der Waals surface area (Å²) >= 11 is 0. The molecular weight excluding hydrogens is 248 g/mol. The number of nitrogens with one attached hydrogen (secondary N) is 1.